The number of ether oxygens (including phenoxy) is 2. The van der Waals surface area contributed by atoms with E-state index in [-0.39, 0.29) is 5.91 Å². The van der Waals surface area contributed by atoms with E-state index in [1.807, 2.05) is 13.8 Å². The summed E-state index contributed by atoms with van der Waals surface area (Å²) in [6.45, 7) is 8.70. The fourth-order valence-corrected chi connectivity index (χ4v) is 2.08. The topological polar surface area (TPSA) is 63.7 Å². The van der Waals surface area contributed by atoms with Crippen LogP contribution in [0.3, 0.4) is 0 Å². The lowest BCUT2D eigenvalue weighted by Crippen LogP contribution is -2.38. The van der Waals surface area contributed by atoms with Crippen LogP contribution >= 0.6 is 0 Å². The lowest BCUT2D eigenvalue weighted by Gasteiger charge is -2.26. The van der Waals surface area contributed by atoms with E-state index in [0.29, 0.717) is 18.2 Å². The van der Waals surface area contributed by atoms with E-state index in [9.17, 15) is 4.79 Å². The third-order valence-corrected chi connectivity index (χ3v) is 3.18. The highest BCUT2D eigenvalue weighted by Crippen LogP contribution is 2.12. The van der Waals surface area contributed by atoms with E-state index < -0.39 is 0 Å². The summed E-state index contributed by atoms with van der Waals surface area (Å²) in [6.07, 6.45) is 3.15. The number of morpholine rings is 1. The Kier molecular flexibility index (Phi) is 6.36. The molecule has 120 valence electrons. The van der Waals surface area contributed by atoms with Gasteiger partial charge in [0.1, 0.15) is 6.61 Å². The summed E-state index contributed by atoms with van der Waals surface area (Å²) >= 11 is 0. The predicted octanol–water partition coefficient (Wildman–Crippen LogP) is 1.70. The maximum absolute atomic E-state index is 11.6. The van der Waals surface area contributed by atoms with E-state index in [4.69, 9.17) is 9.47 Å². The van der Waals surface area contributed by atoms with Crippen molar-refractivity contribution >= 4 is 11.6 Å². The molecule has 6 heteroatoms. The molecule has 1 fully saturated rings. The molecule has 0 unspecified atom stereocenters. The summed E-state index contributed by atoms with van der Waals surface area (Å²) in [6, 6.07) is 3.55. The van der Waals surface area contributed by atoms with Crippen LogP contribution in [0.4, 0.5) is 5.69 Å². The molecule has 1 aromatic rings. The van der Waals surface area contributed by atoms with Crippen molar-refractivity contribution in [3.8, 4) is 5.88 Å². The van der Waals surface area contributed by atoms with Crippen LogP contribution in [0.2, 0.25) is 0 Å². The van der Waals surface area contributed by atoms with E-state index in [1.165, 1.54) is 0 Å². The highest BCUT2D eigenvalue weighted by molar-refractivity contribution is 5.99. The second-order valence-electron chi connectivity index (χ2n) is 5.40. The Morgan fingerprint density at radius 1 is 1.41 bits per heavy atom. The van der Waals surface area contributed by atoms with Gasteiger partial charge in [0.25, 0.3) is 0 Å². The number of amides is 1. The lowest BCUT2D eigenvalue weighted by molar-refractivity contribution is -0.111. The summed E-state index contributed by atoms with van der Waals surface area (Å²) in [5.41, 5.74) is 1.61. The van der Waals surface area contributed by atoms with Gasteiger partial charge in [-0.15, -0.1) is 0 Å². The highest BCUT2D eigenvalue weighted by Gasteiger charge is 2.09. The summed E-state index contributed by atoms with van der Waals surface area (Å²) in [5, 5.41) is 2.75. The number of pyridine rings is 1. The molecule has 0 spiro atoms. The third kappa shape index (κ3) is 5.83. The molecule has 0 radical (unpaired) electrons. The molecule has 0 saturated carbocycles. The second kappa shape index (κ2) is 8.51. The first kappa shape index (κ1) is 16.5. The van der Waals surface area contributed by atoms with Gasteiger partial charge in [-0.3, -0.25) is 9.69 Å². The van der Waals surface area contributed by atoms with Crippen molar-refractivity contribution in [2.45, 2.75) is 13.8 Å². The Balaban J connectivity index is 1.74. The van der Waals surface area contributed by atoms with E-state index in [0.717, 1.165) is 38.4 Å². The summed E-state index contributed by atoms with van der Waals surface area (Å²) in [4.78, 5) is 18.1. The van der Waals surface area contributed by atoms with Crippen LogP contribution in [0.25, 0.3) is 0 Å². The van der Waals surface area contributed by atoms with Crippen LogP contribution in [0.5, 0.6) is 5.88 Å². The molecule has 0 atom stereocenters. The molecule has 0 aliphatic carbocycles. The molecule has 2 rings (SSSR count). The van der Waals surface area contributed by atoms with Gasteiger partial charge in [-0.2, -0.15) is 0 Å². The van der Waals surface area contributed by atoms with Crippen molar-refractivity contribution in [3.05, 3.63) is 30.0 Å². The largest absolute Gasteiger partial charge is 0.476 e. The SMILES string of the molecule is CC(C)=CC(=O)Nc1ccc(OCCN2CCOCC2)nc1. The molecule has 0 aromatic carbocycles. The predicted molar refractivity (Wildman–Crippen MR) is 85.1 cm³/mol. The zero-order chi connectivity index (χ0) is 15.8. The van der Waals surface area contributed by atoms with Crippen molar-refractivity contribution in [1.82, 2.24) is 9.88 Å². The standard InChI is InChI=1S/C16H23N3O3/c1-13(2)11-15(20)18-14-3-4-16(17-12-14)22-10-7-19-5-8-21-9-6-19/h3-4,11-12H,5-10H2,1-2H3,(H,18,20). The average Bonchev–Trinajstić information content (AvgIpc) is 2.49. The monoisotopic (exact) mass is 305 g/mol. The fourth-order valence-electron chi connectivity index (χ4n) is 2.08. The number of hydrogen-bond donors (Lipinski definition) is 1. The van der Waals surface area contributed by atoms with Gasteiger partial charge >= 0.3 is 0 Å². The zero-order valence-corrected chi connectivity index (χ0v) is 13.2. The Hall–Kier alpha value is -1.92. The first-order chi connectivity index (χ1) is 10.6. The number of rotatable bonds is 6. The van der Waals surface area contributed by atoms with Crippen molar-refractivity contribution < 1.29 is 14.3 Å². The molecule has 22 heavy (non-hydrogen) atoms. The van der Waals surface area contributed by atoms with Gasteiger partial charge in [0.15, 0.2) is 0 Å². The maximum Gasteiger partial charge on any atom is 0.248 e. The number of nitrogens with zero attached hydrogens (tertiary/aromatic N) is 2. The minimum atomic E-state index is -0.150. The van der Waals surface area contributed by atoms with Crippen LogP contribution in [0, 0.1) is 0 Å². The normalized spacial score (nSPS) is 15.2. The molecule has 1 saturated heterocycles. The Morgan fingerprint density at radius 3 is 2.82 bits per heavy atom. The number of aromatic nitrogens is 1. The Labute approximate surface area is 131 Å². The van der Waals surface area contributed by atoms with Crippen LogP contribution in [-0.2, 0) is 9.53 Å². The minimum absolute atomic E-state index is 0.150. The quantitative estimate of drug-likeness (QED) is 0.810. The van der Waals surface area contributed by atoms with Crippen molar-refractivity contribution in [2.75, 3.05) is 44.8 Å². The summed E-state index contributed by atoms with van der Waals surface area (Å²) in [7, 11) is 0. The number of hydrogen-bond acceptors (Lipinski definition) is 5. The first-order valence-corrected chi connectivity index (χ1v) is 7.48. The highest BCUT2D eigenvalue weighted by atomic mass is 16.5. The average molecular weight is 305 g/mol. The number of carbonyl (C=O) groups excluding carboxylic acids is 1. The van der Waals surface area contributed by atoms with E-state index in [2.05, 4.69) is 15.2 Å². The Bertz CT molecular complexity index is 504. The van der Waals surface area contributed by atoms with Gasteiger partial charge in [-0.25, -0.2) is 4.98 Å². The van der Waals surface area contributed by atoms with Gasteiger partial charge < -0.3 is 14.8 Å². The molecule has 1 aliphatic heterocycles. The van der Waals surface area contributed by atoms with Gasteiger partial charge in [0.05, 0.1) is 25.1 Å². The summed E-state index contributed by atoms with van der Waals surface area (Å²) < 4.78 is 10.9. The second-order valence-corrected chi connectivity index (χ2v) is 5.40. The number of anilines is 1. The van der Waals surface area contributed by atoms with E-state index >= 15 is 0 Å². The summed E-state index contributed by atoms with van der Waals surface area (Å²) in [5.74, 6) is 0.413. The molecular formula is C16H23N3O3. The lowest BCUT2D eigenvalue weighted by atomic mass is 10.3. The number of allylic oxidation sites excluding steroid dienone is 1. The molecule has 1 aromatic heterocycles. The van der Waals surface area contributed by atoms with Crippen LogP contribution in [-0.4, -0.2) is 55.2 Å². The van der Waals surface area contributed by atoms with Crippen molar-refractivity contribution in [1.29, 1.82) is 0 Å². The maximum atomic E-state index is 11.6. The van der Waals surface area contributed by atoms with Gasteiger partial charge in [0.2, 0.25) is 11.8 Å². The first-order valence-electron chi connectivity index (χ1n) is 7.48. The van der Waals surface area contributed by atoms with Gasteiger partial charge in [0, 0.05) is 31.8 Å². The van der Waals surface area contributed by atoms with Crippen molar-refractivity contribution in [3.63, 3.8) is 0 Å². The van der Waals surface area contributed by atoms with Gasteiger partial charge in [-0.05, 0) is 19.9 Å². The molecule has 0 bridgehead atoms. The fraction of sp³-hybridized carbons (Fsp3) is 0.500. The third-order valence-electron chi connectivity index (χ3n) is 3.18. The van der Waals surface area contributed by atoms with Gasteiger partial charge in [-0.1, -0.05) is 5.57 Å². The zero-order valence-electron chi connectivity index (χ0n) is 13.2. The van der Waals surface area contributed by atoms with Crippen LogP contribution < -0.4 is 10.1 Å². The van der Waals surface area contributed by atoms with E-state index in [1.54, 1.807) is 24.4 Å². The molecule has 6 nitrogen and oxygen atoms in total. The Morgan fingerprint density at radius 2 is 2.18 bits per heavy atom. The van der Waals surface area contributed by atoms with Crippen LogP contribution in [0.15, 0.2) is 30.0 Å². The molecule has 2 heterocycles. The molecular weight excluding hydrogens is 282 g/mol. The number of carbonyl (C=O) groups is 1. The minimum Gasteiger partial charge on any atom is -0.476 e. The van der Waals surface area contributed by atoms with Crippen LogP contribution in [0.1, 0.15) is 13.8 Å². The smallest absolute Gasteiger partial charge is 0.248 e. The van der Waals surface area contributed by atoms with Crippen molar-refractivity contribution in [2.24, 2.45) is 0 Å². The molecule has 1 N–H and O–H groups in total. The molecule has 1 amide bonds. The number of nitrogens with one attached hydrogen (secondary N) is 1. The molecule has 1 aliphatic rings.